The van der Waals surface area contributed by atoms with Crippen LogP contribution in [-0.2, 0) is 6.42 Å². The molecule has 3 N–H and O–H groups in total. The van der Waals surface area contributed by atoms with Gasteiger partial charge in [0.15, 0.2) is 0 Å². The van der Waals surface area contributed by atoms with Crippen LogP contribution in [0.4, 0.5) is 8.78 Å². The monoisotopic (exact) mass is 282 g/mol. The average Bonchev–Trinajstić information content (AvgIpc) is 2.44. The Balaban J connectivity index is 2.04. The number of hydrogen-bond donors (Lipinski definition) is 2. The van der Waals surface area contributed by atoms with Gasteiger partial charge < -0.3 is 0 Å². The Morgan fingerprint density at radius 1 is 1.25 bits per heavy atom. The average molecular weight is 282 g/mol. The molecular weight excluding hydrogens is 258 g/mol. The zero-order chi connectivity index (χ0) is 14.5. The standard InChI is InChI=1S/C16H24F2N2/c1-2-11-4-3-5-13(6-11)16(20-19)9-12-7-14(17)10-15(18)8-12/h7-8,10-11,13,16,20H,2-6,9,19H2,1H3. The number of hydrogen-bond acceptors (Lipinski definition) is 2. The van der Waals surface area contributed by atoms with E-state index < -0.39 is 11.6 Å². The molecule has 0 heterocycles. The molecule has 1 saturated carbocycles. The molecule has 0 aromatic heterocycles. The predicted octanol–water partition coefficient (Wildman–Crippen LogP) is 3.56. The topological polar surface area (TPSA) is 38.0 Å². The van der Waals surface area contributed by atoms with E-state index in [-0.39, 0.29) is 6.04 Å². The second kappa shape index (κ2) is 7.14. The smallest absolute Gasteiger partial charge is 0.126 e. The summed E-state index contributed by atoms with van der Waals surface area (Å²) < 4.78 is 26.5. The van der Waals surface area contributed by atoms with Gasteiger partial charge in [-0.05, 0) is 48.8 Å². The van der Waals surface area contributed by atoms with Crippen LogP contribution in [0.1, 0.15) is 44.6 Å². The van der Waals surface area contributed by atoms with E-state index in [9.17, 15) is 8.78 Å². The van der Waals surface area contributed by atoms with Gasteiger partial charge in [0.05, 0.1) is 0 Å². The highest BCUT2D eigenvalue weighted by Crippen LogP contribution is 2.33. The first-order valence-electron chi connectivity index (χ1n) is 7.53. The van der Waals surface area contributed by atoms with E-state index in [1.807, 2.05) is 0 Å². The molecule has 0 bridgehead atoms. The molecule has 3 atom stereocenters. The van der Waals surface area contributed by atoms with E-state index in [2.05, 4.69) is 12.3 Å². The number of rotatable bonds is 5. The van der Waals surface area contributed by atoms with Gasteiger partial charge in [-0.1, -0.05) is 26.2 Å². The second-order valence-electron chi connectivity index (χ2n) is 5.96. The van der Waals surface area contributed by atoms with Crippen molar-refractivity contribution >= 4 is 0 Å². The minimum atomic E-state index is -0.522. The van der Waals surface area contributed by atoms with Crippen LogP contribution < -0.4 is 11.3 Å². The largest absolute Gasteiger partial charge is 0.271 e. The van der Waals surface area contributed by atoms with Crippen LogP contribution in [0.15, 0.2) is 18.2 Å². The van der Waals surface area contributed by atoms with Crippen molar-refractivity contribution in [2.45, 2.75) is 51.5 Å². The molecule has 0 amide bonds. The van der Waals surface area contributed by atoms with Gasteiger partial charge in [0.2, 0.25) is 0 Å². The van der Waals surface area contributed by atoms with Gasteiger partial charge in [0, 0.05) is 12.1 Å². The highest BCUT2D eigenvalue weighted by Gasteiger charge is 2.27. The molecule has 1 aliphatic carbocycles. The number of nitrogens with two attached hydrogens (primary N) is 1. The molecule has 4 heteroatoms. The molecular formula is C16H24F2N2. The predicted molar refractivity (Wildman–Crippen MR) is 76.9 cm³/mol. The van der Waals surface area contributed by atoms with Crippen molar-refractivity contribution in [1.29, 1.82) is 0 Å². The van der Waals surface area contributed by atoms with Crippen molar-refractivity contribution in [2.24, 2.45) is 17.7 Å². The maximum atomic E-state index is 13.2. The molecule has 2 rings (SSSR count). The molecule has 2 nitrogen and oxygen atoms in total. The van der Waals surface area contributed by atoms with Crippen LogP contribution in [0.2, 0.25) is 0 Å². The van der Waals surface area contributed by atoms with E-state index in [4.69, 9.17) is 5.84 Å². The molecule has 0 radical (unpaired) electrons. The van der Waals surface area contributed by atoms with E-state index in [1.54, 1.807) is 0 Å². The molecule has 0 spiro atoms. The Hall–Kier alpha value is -1.00. The van der Waals surface area contributed by atoms with Crippen LogP contribution in [0.3, 0.4) is 0 Å². The number of hydrazine groups is 1. The van der Waals surface area contributed by atoms with E-state index in [0.29, 0.717) is 17.9 Å². The molecule has 0 saturated heterocycles. The van der Waals surface area contributed by atoms with Crippen molar-refractivity contribution < 1.29 is 8.78 Å². The Morgan fingerprint density at radius 2 is 1.95 bits per heavy atom. The van der Waals surface area contributed by atoms with Crippen LogP contribution >= 0.6 is 0 Å². The first-order chi connectivity index (χ1) is 9.62. The molecule has 3 unspecified atom stereocenters. The fraction of sp³-hybridized carbons (Fsp3) is 0.625. The van der Waals surface area contributed by atoms with E-state index >= 15 is 0 Å². The van der Waals surface area contributed by atoms with Crippen LogP contribution in [0.5, 0.6) is 0 Å². The lowest BCUT2D eigenvalue weighted by molar-refractivity contribution is 0.208. The Kier molecular flexibility index (Phi) is 5.49. The third kappa shape index (κ3) is 4.00. The van der Waals surface area contributed by atoms with Crippen molar-refractivity contribution in [1.82, 2.24) is 5.43 Å². The third-order valence-electron chi connectivity index (χ3n) is 4.56. The minimum absolute atomic E-state index is 0.0885. The molecule has 1 aromatic carbocycles. The lowest BCUT2D eigenvalue weighted by Gasteiger charge is -2.34. The summed E-state index contributed by atoms with van der Waals surface area (Å²) in [5, 5.41) is 0. The molecule has 1 aromatic rings. The summed E-state index contributed by atoms with van der Waals surface area (Å²) in [5.41, 5.74) is 3.53. The van der Waals surface area contributed by atoms with Crippen molar-refractivity contribution in [3.8, 4) is 0 Å². The highest BCUT2D eigenvalue weighted by atomic mass is 19.1. The highest BCUT2D eigenvalue weighted by molar-refractivity contribution is 5.19. The third-order valence-corrected chi connectivity index (χ3v) is 4.56. The van der Waals surface area contributed by atoms with E-state index in [1.165, 1.54) is 31.4 Å². The Labute approximate surface area is 119 Å². The van der Waals surface area contributed by atoms with Gasteiger partial charge >= 0.3 is 0 Å². The van der Waals surface area contributed by atoms with Gasteiger partial charge in [-0.25, -0.2) is 8.78 Å². The molecule has 112 valence electrons. The molecule has 1 fully saturated rings. The summed E-state index contributed by atoms with van der Waals surface area (Å²) in [6, 6.07) is 3.79. The summed E-state index contributed by atoms with van der Waals surface area (Å²) in [7, 11) is 0. The second-order valence-corrected chi connectivity index (χ2v) is 5.96. The molecule has 1 aliphatic rings. The fourth-order valence-corrected chi connectivity index (χ4v) is 3.41. The first-order valence-corrected chi connectivity index (χ1v) is 7.53. The summed E-state index contributed by atoms with van der Waals surface area (Å²) in [6.07, 6.45) is 6.58. The van der Waals surface area contributed by atoms with Gasteiger partial charge in [0.1, 0.15) is 11.6 Å². The van der Waals surface area contributed by atoms with Gasteiger partial charge in [-0.15, -0.1) is 0 Å². The van der Waals surface area contributed by atoms with Crippen LogP contribution in [0.25, 0.3) is 0 Å². The lowest BCUT2D eigenvalue weighted by Crippen LogP contribution is -2.44. The summed E-state index contributed by atoms with van der Waals surface area (Å²) in [4.78, 5) is 0. The van der Waals surface area contributed by atoms with E-state index in [0.717, 1.165) is 24.8 Å². The zero-order valence-electron chi connectivity index (χ0n) is 12.0. The summed E-state index contributed by atoms with van der Waals surface area (Å²) in [6.45, 7) is 2.22. The van der Waals surface area contributed by atoms with Gasteiger partial charge in [-0.2, -0.15) is 0 Å². The minimum Gasteiger partial charge on any atom is -0.271 e. The Morgan fingerprint density at radius 3 is 2.55 bits per heavy atom. The number of halogens is 2. The quantitative estimate of drug-likeness (QED) is 0.640. The van der Waals surface area contributed by atoms with Crippen LogP contribution in [-0.4, -0.2) is 6.04 Å². The van der Waals surface area contributed by atoms with Crippen molar-refractivity contribution in [3.63, 3.8) is 0 Å². The number of benzene rings is 1. The summed E-state index contributed by atoms with van der Waals surface area (Å²) >= 11 is 0. The molecule has 0 aliphatic heterocycles. The Bertz CT molecular complexity index is 416. The van der Waals surface area contributed by atoms with Crippen molar-refractivity contribution in [3.05, 3.63) is 35.4 Å². The van der Waals surface area contributed by atoms with Gasteiger partial charge in [0.25, 0.3) is 0 Å². The maximum absolute atomic E-state index is 13.2. The maximum Gasteiger partial charge on any atom is 0.126 e. The zero-order valence-corrected chi connectivity index (χ0v) is 12.0. The van der Waals surface area contributed by atoms with Gasteiger partial charge in [-0.3, -0.25) is 11.3 Å². The lowest BCUT2D eigenvalue weighted by atomic mass is 9.75. The molecule has 20 heavy (non-hydrogen) atoms. The SMILES string of the molecule is CCC1CCCC(C(Cc2cc(F)cc(F)c2)NN)C1. The van der Waals surface area contributed by atoms with Crippen LogP contribution in [0, 0.1) is 23.5 Å². The number of nitrogens with one attached hydrogen (secondary N) is 1. The summed E-state index contributed by atoms with van der Waals surface area (Å²) in [5.74, 6) is 5.88. The first kappa shape index (κ1) is 15.4. The fourth-order valence-electron chi connectivity index (χ4n) is 3.41. The normalized spacial score (nSPS) is 24.6. The van der Waals surface area contributed by atoms with Crippen molar-refractivity contribution in [2.75, 3.05) is 0 Å².